The fourth-order valence-electron chi connectivity index (χ4n) is 5.50. The van der Waals surface area contributed by atoms with Gasteiger partial charge in [0.25, 0.3) is 0 Å². The third-order valence-corrected chi connectivity index (χ3v) is 9.28. The van der Waals surface area contributed by atoms with Crippen molar-refractivity contribution >= 4 is 9.84 Å². The van der Waals surface area contributed by atoms with Gasteiger partial charge in [-0.15, -0.1) is 0 Å². The summed E-state index contributed by atoms with van der Waals surface area (Å²) in [4.78, 5) is 0. The number of aliphatic hydroxyl groups is 1. The molecule has 3 unspecified atom stereocenters. The zero-order valence-electron chi connectivity index (χ0n) is 19.3. The van der Waals surface area contributed by atoms with Gasteiger partial charge in [0.05, 0.1) is 6.10 Å². The van der Waals surface area contributed by atoms with E-state index < -0.39 is 14.8 Å². The van der Waals surface area contributed by atoms with Gasteiger partial charge in [-0.1, -0.05) is 61.4 Å². The molecule has 1 N–H and O–H groups in total. The van der Waals surface area contributed by atoms with Crippen molar-refractivity contribution in [2.75, 3.05) is 6.26 Å². The number of hydrogen-bond donors (Lipinski definition) is 1. The van der Waals surface area contributed by atoms with Crippen LogP contribution in [0.4, 0.5) is 4.39 Å². The van der Waals surface area contributed by atoms with Crippen molar-refractivity contribution in [2.45, 2.75) is 76.8 Å². The SMILES string of the molecule is C=C1CC[C@H](O)C/C1=C/C=C1\CCCC2(C)C(C(C)/C=C/C(C)(F)S(C)(=O)=O)=CC[C@@H]12. The first kappa shape index (κ1) is 24.2. The highest BCUT2D eigenvalue weighted by Crippen LogP contribution is 2.56. The van der Waals surface area contributed by atoms with Crippen LogP contribution in [0.5, 0.6) is 0 Å². The predicted octanol–water partition coefficient (Wildman–Crippen LogP) is 6.00. The summed E-state index contributed by atoms with van der Waals surface area (Å²) in [5.41, 5.74) is 5.01. The molecule has 0 aromatic carbocycles. The number of hydrogen-bond acceptors (Lipinski definition) is 3. The number of allylic oxidation sites excluding steroid dienone is 7. The lowest BCUT2D eigenvalue weighted by molar-refractivity contribution is 0.158. The molecule has 0 aromatic heterocycles. The number of fused-ring (bicyclic) bond motifs is 1. The van der Waals surface area contributed by atoms with Gasteiger partial charge in [0.1, 0.15) is 0 Å². The summed E-state index contributed by atoms with van der Waals surface area (Å²) < 4.78 is 37.9. The molecule has 0 aliphatic heterocycles. The van der Waals surface area contributed by atoms with Crippen LogP contribution in [0.1, 0.15) is 65.7 Å². The molecule has 2 saturated carbocycles. The lowest BCUT2D eigenvalue weighted by Crippen LogP contribution is -2.32. The van der Waals surface area contributed by atoms with Gasteiger partial charge in [0.2, 0.25) is 5.00 Å². The summed E-state index contributed by atoms with van der Waals surface area (Å²) in [7, 11) is -3.81. The first-order valence-corrected chi connectivity index (χ1v) is 13.3. The molecule has 2 fully saturated rings. The Morgan fingerprint density at radius 2 is 2.06 bits per heavy atom. The second-order valence-corrected chi connectivity index (χ2v) is 12.4. The lowest BCUT2D eigenvalue weighted by Gasteiger charge is -2.42. The van der Waals surface area contributed by atoms with Crippen molar-refractivity contribution in [2.24, 2.45) is 17.3 Å². The van der Waals surface area contributed by atoms with Crippen LogP contribution in [0.2, 0.25) is 0 Å². The molecule has 31 heavy (non-hydrogen) atoms. The Bertz CT molecular complexity index is 951. The second-order valence-electron chi connectivity index (χ2n) is 10.1. The van der Waals surface area contributed by atoms with E-state index in [1.54, 1.807) is 6.08 Å². The molecule has 3 rings (SSSR count). The first-order valence-electron chi connectivity index (χ1n) is 11.4. The predicted molar refractivity (Wildman–Crippen MR) is 126 cm³/mol. The molecule has 0 amide bonds. The van der Waals surface area contributed by atoms with Crippen molar-refractivity contribution in [1.29, 1.82) is 0 Å². The van der Waals surface area contributed by atoms with Crippen LogP contribution in [0.25, 0.3) is 0 Å². The first-order chi connectivity index (χ1) is 14.3. The zero-order chi connectivity index (χ0) is 23.0. The highest BCUT2D eigenvalue weighted by Gasteiger charge is 2.45. The molecule has 0 radical (unpaired) electrons. The van der Waals surface area contributed by atoms with Crippen LogP contribution in [-0.2, 0) is 9.84 Å². The minimum absolute atomic E-state index is 0.00718. The van der Waals surface area contributed by atoms with Crippen molar-refractivity contribution < 1.29 is 17.9 Å². The van der Waals surface area contributed by atoms with Gasteiger partial charge in [0, 0.05) is 6.26 Å². The fourth-order valence-corrected chi connectivity index (χ4v) is 5.82. The van der Waals surface area contributed by atoms with E-state index >= 15 is 0 Å². The second kappa shape index (κ2) is 8.82. The Labute approximate surface area is 187 Å². The smallest absolute Gasteiger partial charge is 0.225 e. The van der Waals surface area contributed by atoms with Crippen LogP contribution in [-0.4, -0.2) is 30.9 Å². The highest BCUT2D eigenvalue weighted by atomic mass is 32.2. The average Bonchev–Trinajstić information content (AvgIpc) is 3.03. The van der Waals surface area contributed by atoms with Crippen LogP contribution < -0.4 is 0 Å². The van der Waals surface area contributed by atoms with Crippen LogP contribution in [0.15, 0.2) is 59.3 Å². The molecule has 0 saturated heterocycles. The van der Waals surface area contributed by atoms with E-state index in [9.17, 15) is 17.9 Å². The van der Waals surface area contributed by atoms with Crippen molar-refractivity contribution in [3.05, 3.63) is 59.3 Å². The monoisotopic (exact) mass is 448 g/mol. The molecule has 3 aliphatic rings. The van der Waals surface area contributed by atoms with Gasteiger partial charge < -0.3 is 5.11 Å². The van der Waals surface area contributed by atoms with Gasteiger partial charge in [-0.25, -0.2) is 12.8 Å². The maximum Gasteiger partial charge on any atom is 0.225 e. The molecular formula is C26H37FO3S. The van der Waals surface area contributed by atoms with E-state index in [0.29, 0.717) is 12.3 Å². The molecule has 172 valence electrons. The van der Waals surface area contributed by atoms with E-state index in [-0.39, 0.29) is 17.4 Å². The van der Waals surface area contributed by atoms with E-state index in [1.165, 1.54) is 17.2 Å². The van der Waals surface area contributed by atoms with Crippen LogP contribution in [0, 0.1) is 17.3 Å². The number of alkyl halides is 1. The molecule has 0 aromatic rings. The minimum atomic E-state index is -3.81. The third-order valence-electron chi connectivity index (χ3n) is 7.70. The Kier molecular flexibility index (Phi) is 6.88. The molecular weight excluding hydrogens is 411 g/mol. The molecule has 3 nitrogen and oxygen atoms in total. The zero-order valence-corrected chi connectivity index (χ0v) is 20.1. The van der Waals surface area contributed by atoms with Gasteiger partial charge >= 0.3 is 0 Å². The molecule has 0 heterocycles. The number of sulfone groups is 1. The number of aliphatic hydroxyl groups excluding tert-OH is 1. The Morgan fingerprint density at radius 3 is 2.74 bits per heavy atom. The topological polar surface area (TPSA) is 54.4 Å². The van der Waals surface area contributed by atoms with Crippen molar-refractivity contribution in [1.82, 2.24) is 0 Å². The Hall–Kier alpha value is -1.46. The minimum Gasteiger partial charge on any atom is -0.393 e. The molecule has 5 atom stereocenters. The van der Waals surface area contributed by atoms with Crippen molar-refractivity contribution in [3.8, 4) is 0 Å². The maximum absolute atomic E-state index is 14.5. The third kappa shape index (κ3) is 4.98. The van der Waals surface area contributed by atoms with Crippen LogP contribution in [0.3, 0.4) is 0 Å². The van der Waals surface area contributed by atoms with Gasteiger partial charge in [-0.05, 0) is 80.8 Å². The summed E-state index contributed by atoms with van der Waals surface area (Å²) in [5, 5.41) is 7.65. The Morgan fingerprint density at radius 1 is 1.35 bits per heavy atom. The quantitative estimate of drug-likeness (QED) is 0.525. The number of rotatable bonds is 5. The molecule has 5 heteroatoms. The normalized spacial score (nSPS) is 35.3. The molecule has 0 bridgehead atoms. The fraction of sp³-hybridized carbons (Fsp3) is 0.615. The highest BCUT2D eigenvalue weighted by molar-refractivity contribution is 7.92. The van der Waals surface area contributed by atoms with Gasteiger partial charge in [-0.3, -0.25) is 0 Å². The summed E-state index contributed by atoms with van der Waals surface area (Å²) in [5.74, 6) is 0.398. The standard InChI is InChI=1S/C26H37FO3S/c1-18-8-11-22(28)17-21(18)10-9-20-7-6-15-25(3)23(12-13-24(20)25)19(2)14-16-26(4,27)31(5,29)30/h9-10,12,14,16,19,22,24,28H,1,6-8,11,13,15,17H2,2-5H3/b16-14+,20-9+,21-10-/t19?,22-,24-,25?,26?/m0/s1. The summed E-state index contributed by atoms with van der Waals surface area (Å²) in [6.07, 6.45) is 16.8. The Balaban J connectivity index is 1.80. The summed E-state index contributed by atoms with van der Waals surface area (Å²) in [6, 6.07) is 0. The van der Waals surface area contributed by atoms with E-state index in [0.717, 1.165) is 62.9 Å². The van der Waals surface area contributed by atoms with Gasteiger partial charge in [-0.2, -0.15) is 0 Å². The van der Waals surface area contributed by atoms with E-state index in [4.69, 9.17) is 0 Å². The summed E-state index contributed by atoms with van der Waals surface area (Å²) in [6.45, 7) is 9.60. The van der Waals surface area contributed by atoms with E-state index in [1.807, 2.05) is 6.92 Å². The largest absolute Gasteiger partial charge is 0.393 e. The molecule has 3 aliphatic carbocycles. The van der Waals surface area contributed by atoms with E-state index in [2.05, 4.69) is 31.7 Å². The average molecular weight is 449 g/mol. The maximum atomic E-state index is 14.5. The van der Waals surface area contributed by atoms with Crippen LogP contribution >= 0.6 is 0 Å². The van der Waals surface area contributed by atoms with Crippen molar-refractivity contribution in [3.63, 3.8) is 0 Å². The number of halogens is 1. The molecule has 0 spiro atoms. The lowest BCUT2D eigenvalue weighted by atomic mass is 9.62. The van der Waals surface area contributed by atoms with Gasteiger partial charge in [0.15, 0.2) is 9.84 Å². The summed E-state index contributed by atoms with van der Waals surface area (Å²) >= 11 is 0.